The van der Waals surface area contributed by atoms with Crippen LogP contribution in [0, 0.1) is 0 Å². The van der Waals surface area contributed by atoms with Gasteiger partial charge in [-0.25, -0.2) is 5.06 Å². The Morgan fingerprint density at radius 2 is 1.76 bits per heavy atom. The molecule has 2 aromatic carbocycles. The van der Waals surface area contributed by atoms with Gasteiger partial charge < -0.3 is 15.2 Å². The Morgan fingerprint density at radius 1 is 1.06 bits per heavy atom. The third-order valence-corrected chi connectivity index (χ3v) is 5.43. The van der Waals surface area contributed by atoms with E-state index in [0.29, 0.717) is 18.8 Å². The van der Waals surface area contributed by atoms with Crippen molar-refractivity contribution in [3.05, 3.63) is 71.4 Å². The second-order valence-electron chi connectivity index (χ2n) is 9.63. The van der Waals surface area contributed by atoms with Gasteiger partial charge in [-0.3, -0.25) is 14.4 Å². The molecule has 7 nitrogen and oxygen atoms in total. The molecule has 0 bridgehead atoms. The van der Waals surface area contributed by atoms with Gasteiger partial charge in [-0.1, -0.05) is 42.5 Å². The molecule has 3 rings (SSSR count). The minimum atomic E-state index is -0.410. The predicted octanol–water partition coefficient (Wildman–Crippen LogP) is 4.15. The van der Waals surface area contributed by atoms with Crippen LogP contribution < -0.4 is 5.32 Å². The third kappa shape index (κ3) is 8.01. The fourth-order valence-electron chi connectivity index (χ4n) is 3.75. The Bertz CT molecular complexity index is 1040. The molecule has 34 heavy (non-hydrogen) atoms. The molecule has 0 unspecified atom stereocenters. The zero-order valence-electron chi connectivity index (χ0n) is 20.6. The first-order chi connectivity index (χ1) is 16.2. The maximum atomic E-state index is 12.4. The van der Waals surface area contributed by atoms with Gasteiger partial charge in [0.15, 0.2) is 0 Å². The van der Waals surface area contributed by atoms with Gasteiger partial charge in [0.1, 0.15) is 5.69 Å². The number of nitrogens with one attached hydrogen (secondary N) is 2. The average molecular weight is 465 g/mol. The van der Waals surface area contributed by atoms with Gasteiger partial charge in [0.25, 0.3) is 5.91 Å². The summed E-state index contributed by atoms with van der Waals surface area (Å²) >= 11 is 0. The summed E-state index contributed by atoms with van der Waals surface area (Å²) < 4.78 is 0. The summed E-state index contributed by atoms with van der Waals surface area (Å²) in [6, 6.07) is 18.1. The van der Waals surface area contributed by atoms with E-state index in [1.165, 1.54) is 10.6 Å². The van der Waals surface area contributed by atoms with Crippen molar-refractivity contribution in [1.82, 2.24) is 20.3 Å². The number of rotatable bonds is 12. The first-order valence-corrected chi connectivity index (χ1v) is 11.8. The second-order valence-corrected chi connectivity index (χ2v) is 9.63. The standard InChI is InChI=1S/C27H36N4O3/c1-27(2,3)34-31(20-32)19-22-13-11-21(12-14-22)8-7-16-30(4)17-15-28-26(33)25-18-23-9-5-6-10-24(23)29-25/h5-6,9-14,18,20,29H,7-8,15-17,19H2,1-4H3,(H,28,33). The number of para-hydroxylation sites is 1. The van der Waals surface area contributed by atoms with E-state index >= 15 is 0 Å². The number of H-pyrrole nitrogens is 1. The lowest BCUT2D eigenvalue weighted by Crippen LogP contribution is -2.33. The van der Waals surface area contributed by atoms with Crippen molar-refractivity contribution >= 4 is 23.2 Å². The van der Waals surface area contributed by atoms with E-state index < -0.39 is 5.60 Å². The normalized spacial score (nSPS) is 11.7. The number of aryl methyl sites for hydroxylation is 1. The first-order valence-electron chi connectivity index (χ1n) is 11.8. The topological polar surface area (TPSA) is 77.7 Å². The first kappa shape index (κ1) is 25.5. The van der Waals surface area contributed by atoms with Gasteiger partial charge >= 0.3 is 0 Å². The van der Waals surface area contributed by atoms with E-state index in [2.05, 4.69) is 34.4 Å². The summed E-state index contributed by atoms with van der Waals surface area (Å²) in [6.45, 7) is 8.52. The van der Waals surface area contributed by atoms with Gasteiger partial charge in [0.05, 0.1) is 12.1 Å². The number of benzene rings is 2. The number of carbonyl (C=O) groups is 2. The van der Waals surface area contributed by atoms with Crippen molar-refractivity contribution in [1.29, 1.82) is 0 Å². The highest BCUT2D eigenvalue weighted by Gasteiger charge is 2.16. The molecule has 7 heteroatoms. The van der Waals surface area contributed by atoms with Crippen molar-refractivity contribution in [2.24, 2.45) is 0 Å². The number of aromatic amines is 1. The number of aromatic nitrogens is 1. The fourth-order valence-corrected chi connectivity index (χ4v) is 3.75. The van der Waals surface area contributed by atoms with Crippen LogP contribution in [-0.4, -0.2) is 59.5 Å². The van der Waals surface area contributed by atoms with Gasteiger partial charge in [0.2, 0.25) is 6.41 Å². The number of hydrogen-bond donors (Lipinski definition) is 2. The van der Waals surface area contributed by atoms with Crippen LogP contribution >= 0.6 is 0 Å². The quantitative estimate of drug-likeness (QED) is 0.312. The molecule has 0 aliphatic carbocycles. The van der Waals surface area contributed by atoms with Crippen molar-refractivity contribution in [3.8, 4) is 0 Å². The Balaban J connectivity index is 1.34. The fraction of sp³-hybridized carbons (Fsp3) is 0.407. The van der Waals surface area contributed by atoms with Crippen LogP contribution in [0.2, 0.25) is 0 Å². The van der Waals surface area contributed by atoms with Crippen molar-refractivity contribution in [3.63, 3.8) is 0 Å². The highest BCUT2D eigenvalue weighted by molar-refractivity contribution is 5.97. The zero-order valence-corrected chi connectivity index (χ0v) is 20.6. The SMILES string of the molecule is CN(CCCc1ccc(CN(C=O)OC(C)(C)C)cc1)CCNC(=O)c1cc2ccccc2[nH]1. The van der Waals surface area contributed by atoms with Crippen molar-refractivity contribution in [2.45, 2.75) is 45.8 Å². The zero-order chi connectivity index (χ0) is 24.6. The lowest BCUT2D eigenvalue weighted by Gasteiger charge is -2.26. The molecular weight excluding hydrogens is 428 g/mol. The lowest BCUT2D eigenvalue weighted by molar-refractivity contribution is -0.220. The van der Waals surface area contributed by atoms with Crippen LogP contribution in [0.25, 0.3) is 10.9 Å². The summed E-state index contributed by atoms with van der Waals surface area (Å²) in [5, 5.41) is 5.36. The average Bonchev–Trinajstić information content (AvgIpc) is 3.23. The summed E-state index contributed by atoms with van der Waals surface area (Å²) in [5.41, 5.74) is 3.44. The Morgan fingerprint density at radius 3 is 2.44 bits per heavy atom. The van der Waals surface area contributed by atoms with E-state index in [4.69, 9.17) is 4.84 Å². The van der Waals surface area contributed by atoms with Gasteiger partial charge in [-0.05, 0) is 70.5 Å². The van der Waals surface area contributed by atoms with Crippen LogP contribution in [0.3, 0.4) is 0 Å². The molecule has 2 N–H and O–H groups in total. The third-order valence-electron chi connectivity index (χ3n) is 5.43. The van der Waals surface area contributed by atoms with Crippen LogP contribution in [0.1, 0.15) is 48.8 Å². The maximum absolute atomic E-state index is 12.4. The van der Waals surface area contributed by atoms with E-state index in [-0.39, 0.29) is 5.91 Å². The van der Waals surface area contributed by atoms with Gasteiger partial charge in [-0.15, -0.1) is 0 Å². The summed E-state index contributed by atoms with van der Waals surface area (Å²) in [5.74, 6) is -0.0780. The number of nitrogens with zero attached hydrogens (tertiary/aromatic N) is 2. The molecule has 0 fully saturated rings. The van der Waals surface area contributed by atoms with E-state index in [0.717, 1.165) is 48.8 Å². The Hall–Kier alpha value is -3.16. The van der Waals surface area contributed by atoms with Crippen LogP contribution in [0.15, 0.2) is 54.6 Å². The molecule has 182 valence electrons. The molecule has 1 aromatic heterocycles. The molecular formula is C27H36N4O3. The molecule has 0 atom stereocenters. The molecule has 0 spiro atoms. The number of hydroxylamine groups is 2. The monoisotopic (exact) mass is 464 g/mol. The van der Waals surface area contributed by atoms with Crippen LogP contribution in [-0.2, 0) is 22.6 Å². The second kappa shape index (κ2) is 11.8. The minimum absolute atomic E-state index is 0.0780. The number of likely N-dealkylation sites (N-methyl/N-ethyl adjacent to an activating group) is 1. The number of hydrogen-bond acceptors (Lipinski definition) is 4. The van der Waals surface area contributed by atoms with E-state index in [9.17, 15) is 9.59 Å². The molecule has 2 amide bonds. The van der Waals surface area contributed by atoms with Crippen LogP contribution in [0.4, 0.5) is 0 Å². The van der Waals surface area contributed by atoms with Crippen molar-refractivity contribution in [2.75, 3.05) is 26.7 Å². The summed E-state index contributed by atoms with van der Waals surface area (Å²) in [7, 11) is 2.07. The van der Waals surface area contributed by atoms with Crippen molar-refractivity contribution < 1.29 is 14.4 Å². The number of fused-ring (bicyclic) bond motifs is 1. The van der Waals surface area contributed by atoms with Gasteiger partial charge in [0, 0.05) is 24.0 Å². The van der Waals surface area contributed by atoms with E-state index in [1.54, 1.807) is 0 Å². The van der Waals surface area contributed by atoms with Gasteiger partial charge in [-0.2, -0.15) is 0 Å². The van der Waals surface area contributed by atoms with E-state index in [1.807, 2.05) is 63.2 Å². The lowest BCUT2D eigenvalue weighted by atomic mass is 10.1. The Labute approximate surface area is 202 Å². The molecule has 0 aliphatic heterocycles. The molecule has 1 heterocycles. The highest BCUT2D eigenvalue weighted by atomic mass is 16.7. The smallest absolute Gasteiger partial charge is 0.267 e. The van der Waals surface area contributed by atoms with Crippen LogP contribution in [0.5, 0.6) is 0 Å². The molecule has 0 saturated carbocycles. The largest absolute Gasteiger partial charge is 0.351 e. The Kier molecular flexibility index (Phi) is 8.85. The minimum Gasteiger partial charge on any atom is -0.351 e. The molecule has 0 saturated heterocycles. The predicted molar refractivity (Wildman–Crippen MR) is 135 cm³/mol. The summed E-state index contributed by atoms with van der Waals surface area (Å²) in [6.07, 6.45) is 2.72. The number of amides is 2. The maximum Gasteiger partial charge on any atom is 0.267 e. The molecule has 0 aliphatic rings. The molecule has 3 aromatic rings. The number of carbonyl (C=O) groups excluding carboxylic acids is 2. The highest BCUT2D eigenvalue weighted by Crippen LogP contribution is 2.15. The summed E-state index contributed by atoms with van der Waals surface area (Å²) in [4.78, 5) is 34.7. The molecule has 0 radical (unpaired) electrons.